The Hall–Kier alpha value is -2.73. The highest BCUT2D eigenvalue weighted by molar-refractivity contribution is 5.79. The Morgan fingerprint density at radius 2 is 1.38 bits per heavy atom. The molecule has 3 unspecified atom stereocenters. The normalized spacial score (nSPS) is 27.2. The molecular weight excluding hydrogens is 452 g/mol. The van der Waals surface area contributed by atoms with E-state index < -0.39 is 54.5 Å². The highest BCUT2D eigenvalue weighted by atomic mass is 16.6. The Balaban J connectivity index is 2.35. The average Bonchev–Trinajstić information content (AvgIpc) is 2.75. The minimum Gasteiger partial charge on any atom is -0.463 e. The molecular formula is C22H34N2O10. The molecule has 0 bridgehead atoms. The summed E-state index contributed by atoms with van der Waals surface area (Å²) in [5.41, 5.74) is 0. The second-order valence-corrected chi connectivity index (χ2v) is 8.40. The predicted octanol–water partition coefficient (Wildman–Crippen LogP) is 0.313. The summed E-state index contributed by atoms with van der Waals surface area (Å²) in [5.74, 6) is -2.95. The molecule has 0 aromatic rings. The van der Waals surface area contributed by atoms with E-state index in [9.17, 15) is 24.0 Å². The molecule has 2 rings (SSSR count). The van der Waals surface area contributed by atoms with E-state index in [1.54, 1.807) is 0 Å². The highest BCUT2D eigenvalue weighted by Crippen LogP contribution is 2.28. The van der Waals surface area contributed by atoms with Crippen molar-refractivity contribution in [3.63, 3.8) is 0 Å². The van der Waals surface area contributed by atoms with E-state index in [1.165, 1.54) is 27.7 Å². The standard InChI is InChI=1S/C22H34N2O10/c1-12(25)30-10-17-19(32-14(3)27)20(33-15(4)28)18(22(34-17)23-11-31-13(2)26)24-21(29)16-8-6-5-7-9-16/h16-20,22-23H,5-11H2,1-4H3,(H,24,29)/t17?,18?,19-,20?,22-/m1/s1. The highest BCUT2D eigenvalue weighted by Gasteiger charge is 2.51. The van der Waals surface area contributed by atoms with Crippen molar-refractivity contribution in [3.8, 4) is 0 Å². The van der Waals surface area contributed by atoms with Gasteiger partial charge in [0.25, 0.3) is 0 Å². The topological polar surface area (TPSA) is 156 Å². The molecule has 2 N–H and O–H groups in total. The van der Waals surface area contributed by atoms with Gasteiger partial charge in [0.1, 0.15) is 31.7 Å². The summed E-state index contributed by atoms with van der Waals surface area (Å²) in [6.07, 6.45) is -0.0220. The Labute approximate surface area is 198 Å². The molecule has 1 heterocycles. The maximum atomic E-state index is 13.1. The van der Waals surface area contributed by atoms with Crippen LogP contribution in [0.2, 0.25) is 0 Å². The Bertz CT molecular complexity index is 752. The second kappa shape index (κ2) is 13.2. The van der Waals surface area contributed by atoms with Crippen molar-refractivity contribution in [1.29, 1.82) is 0 Å². The molecule has 34 heavy (non-hydrogen) atoms. The largest absolute Gasteiger partial charge is 0.463 e. The van der Waals surface area contributed by atoms with E-state index in [-0.39, 0.29) is 25.2 Å². The van der Waals surface area contributed by atoms with Crippen molar-refractivity contribution in [2.75, 3.05) is 13.3 Å². The number of carbonyl (C=O) groups is 5. The summed E-state index contributed by atoms with van der Waals surface area (Å²) in [6.45, 7) is 4.22. The zero-order chi connectivity index (χ0) is 25.3. The Kier molecular flexibility index (Phi) is 10.7. The average molecular weight is 487 g/mol. The molecule has 0 radical (unpaired) electrons. The summed E-state index contributed by atoms with van der Waals surface area (Å²) in [6, 6.07) is -0.994. The van der Waals surface area contributed by atoms with Crippen molar-refractivity contribution in [1.82, 2.24) is 10.6 Å². The van der Waals surface area contributed by atoms with Gasteiger partial charge >= 0.3 is 23.9 Å². The fourth-order valence-electron chi connectivity index (χ4n) is 4.14. The molecule has 2 fully saturated rings. The molecule has 1 saturated carbocycles. The first-order valence-corrected chi connectivity index (χ1v) is 11.4. The maximum absolute atomic E-state index is 13.1. The third-order valence-corrected chi connectivity index (χ3v) is 5.59. The molecule has 1 aliphatic heterocycles. The van der Waals surface area contributed by atoms with Gasteiger partial charge in [-0.2, -0.15) is 0 Å². The molecule has 5 atom stereocenters. The Morgan fingerprint density at radius 1 is 0.794 bits per heavy atom. The first-order valence-electron chi connectivity index (χ1n) is 11.4. The van der Waals surface area contributed by atoms with Crippen LogP contribution in [0, 0.1) is 5.92 Å². The van der Waals surface area contributed by atoms with Gasteiger partial charge in [-0.3, -0.25) is 29.3 Å². The van der Waals surface area contributed by atoms with Crippen LogP contribution < -0.4 is 10.6 Å². The minimum absolute atomic E-state index is 0.216. The van der Waals surface area contributed by atoms with Crippen LogP contribution in [-0.4, -0.2) is 73.7 Å². The summed E-state index contributed by atoms with van der Waals surface area (Å²) in [5, 5.41) is 5.73. The predicted molar refractivity (Wildman–Crippen MR) is 115 cm³/mol. The van der Waals surface area contributed by atoms with Gasteiger partial charge in [-0.25, -0.2) is 0 Å². The molecule has 0 spiro atoms. The van der Waals surface area contributed by atoms with E-state index in [4.69, 9.17) is 23.7 Å². The quantitative estimate of drug-likeness (QED) is 0.263. The zero-order valence-electron chi connectivity index (χ0n) is 20.0. The third kappa shape index (κ3) is 8.56. The molecule has 12 nitrogen and oxygen atoms in total. The molecule has 1 amide bonds. The van der Waals surface area contributed by atoms with Crippen LogP contribution in [0.4, 0.5) is 0 Å². The molecule has 192 valence electrons. The lowest BCUT2D eigenvalue weighted by Gasteiger charge is -2.45. The summed E-state index contributed by atoms with van der Waals surface area (Å²) < 4.78 is 26.9. The summed E-state index contributed by atoms with van der Waals surface area (Å²) in [4.78, 5) is 59.5. The van der Waals surface area contributed by atoms with Crippen LogP contribution in [0.25, 0.3) is 0 Å². The van der Waals surface area contributed by atoms with Crippen molar-refractivity contribution in [2.45, 2.75) is 90.4 Å². The molecule has 1 aliphatic carbocycles. The second-order valence-electron chi connectivity index (χ2n) is 8.40. The lowest BCUT2D eigenvalue weighted by Crippen LogP contribution is -2.69. The number of esters is 4. The monoisotopic (exact) mass is 486 g/mol. The van der Waals surface area contributed by atoms with Gasteiger partial charge in [0.15, 0.2) is 12.2 Å². The van der Waals surface area contributed by atoms with Gasteiger partial charge in [-0.1, -0.05) is 19.3 Å². The number of hydrogen-bond acceptors (Lipinski definition) is 11. The fourth-order valence-corrected chi connectivity index (χ4v) is 4.14. The van der Waals surface area contributed by atoms with Gasteiger partial charge in [0, 0.05) is 33.6 Å². The number of amides is 1. The molecule has 0 aromatic carbocycles. The Morgan fingerprint density at radius 3 is 1.94 bits per heavy atom. The first kappa shape index (κ1) is 27.5. The number of ether oxygens (including phenoxy) is 5. The smallest absolute Gasteiger partial charge is 0.303 e. The van der Waals surface area contributed by atoms with Crippen molar-refractivity contribution >= 4 is 29.8 Å². The number of rotatable bonds is 9. The van der Waals surface area contributed by atoms with E-state index >= 15 is 0 Å². The zero-order valence-corrected chi connectivity index (χ0v) is 20.0. The van der Waals surface area contributed by atoms with Crippen molar-refractivity contribution in [2.24, 2.45) is 5.92 Å². The van der Waals surface area contributed by atoms with E-state index in [0.29, 0.717) is 0 Å². The van der Waals surface area contributed by atoms with Crippen LogP contribution in [0.15, 0.2) is 0 Å². The minimum atomic E-state index is -1.18. The van der Waals surface area contributed by atoms with Gasteiger partial charge in [-0.15, -0.1) is 0 Å². The first-order chi connectivity index (χ1) is 16.1. The summed E-state index contributed by atoms with van der Waals surface area (Å²) in [7, 11) is 0. The van der Waals surface area contributed by atoms with Crippen LogP contribution >= 0.6 is 0 Å². The van der Waals surface area contributed by atoms with Crippen molar-refractivity contribution in [3.05, 3.63) is 0 Å². The van der Waals surface area contributed by atoms with Gasteiger partial charge in [0.2, 0.25) is 5.91 Å². The number of hydrogen-bond donors (Lipinski definition) is 2. The van der Waals surface area contributed by atoms with Crippen LogP contribution in [-0.2, 0) is 47.7 Å². The molecule has 1 saturated heterocycles. The third-order valence-electron chi connectivity index (χ3n) is 5.59. The SMILES string of the molecule is CC(=O)OCN[C@@H]1OC(COC(C)=O)[C@@H](OC(C)=O)C(OC(C)=O)C1NC(=O)C1CCCCC1. The van der Waals surface area contributed by atoms with E-state index in [1.807, 2.05) is 0 Å². The van der Waals surface area contributed by atoms with E-state index in [0.717, 1.165) is 32.1 Å². The van der Waals surface area contributed by atoms with Crippen LogP contribution in [0.1, 0.15) is 59.8 Å². The molecule has 0 aromatic heterocycles. The van der Waals surface area contributed by atoms with Crippen LogP contribution in [0.3, 0.4) is 0 Å². The van der Waals surface area contributed by atoms with E-state index in [2.05, 4.69) is 10.6 Å². The fraction of sp³-hybridized carbons (Fsp3) is 0.773. The molecule has 12 heteroatoms. The number of nitrogens with one attached hydrogen (secondary N) is 2. The van der Waals surface area contributed by atoms with Gasteiger partial charge in [-0.05, 0) is 12.8 Å². The lowest BCUT2D eigenvalue weighted by atomic mass is 9.87. The molecule has 2 aliphatic rings. The van der Waals surface area contributed by atoms with Crippen molar-refractivity contribution < 1.29 is 47.7 Å². The van der Waals surface area contributed by atoms with Gasteiger partial charge < -0.3 is 29.0 Å². The summed E-state index contributed by atoms with van der Waals surface area (Å²) >= 11 is 0. The van der Waals surface area contributed by atoms with Gasteiger partial charge in [0.05, 0.1) is 0 Å². The van der Waals surface area contributed by atoms with Crippen LogP contribution in [0.5, 0.6) is 0 Å². The lowest BCUT2D eigenvalue weighted by molar-refractivity contribution is -0.230. The maximum Gasteiger partial charge on any atom is 0.303 e. The number of carbonyl (C=O) groups excluding carboxylic acids is 5.